The summed E-state index contributed by atoms with van der Waals surface area (Å²) in [6.45, 7) is -0.390. The number of methoxy groups -OCH3 is 1. The lowest BCUT2D eigenvalue weighted by molar-refractivity contribution is -0.484. The first-order valence-corrected chi connectivity index (χ1v) is 8.15. The maximum Gasteiger partial charge on any atom is 0.278 e. The second-order valence-corrected chi connectivity index (χ2v) is 5.76. The van der Waals surface area contributed by atoms with Crippen LogP contribution in [0.4, 0.5) is 11.5 Å². The van der Waals surface area contributed by atoms with Gasteiger partial charge < -0.3 is 15.8 Å². The number of aromatic nitrogens is 4. The predicted molar refractivity (Wildman–Crippen MR) is 99.6 cm³/mol. The predicted octanol–water partition coefficient (Wildman–Crippen LogP) is 1.38. The Morgan fingerprint density at radius 1 is 1.39 bits per heavy atom. The molecule has 0 fully saturated rings. The van der Waals surface area contributed by atoms with Gasteiger partial charge in [-0.05, 0) is 17.7 Å². The minimum Gasteiger partial charge on any atom is -0.497 e. The molecule has 11 nitrogen and oxygen atoms in total. The van der Waals surface area contributed by atoms with Crippen molar-refractivity contribution in [1.82, 2.24) is 19.7 Å². The standard InChI is InChI=1S/C17H17N7O4/c1-28-13-4-2-3-11(7-13)14(10-24(26)27)23-9-12(8-21-23)22-17(25)15-16(18)20-6-5-19-15/h2-9,14H,10H2,1H3,(H2,18,20)(H,22,25). The van der Waals surface area contributed by atoms with Gasteiger partial charge in [-0.15, -0.1) is 0 Å². The Morgan fingerprint density at radius 2 is 2.18 bits per heavy atom. The van der Waals surface area contributed by atoms with Crippen LogP contribution in [-0.4, -0.2) is 44.2 Å². The van der Waals surface area contributed by atoms with Crippen molar-refractivity contribution < 1.29 is 14.5 Å². The summed E-state index contributed by atoms with van der Waals surface area (Å²) in [6, 6.07) is 6.25. The van der Waals surface area contributed by atoms with Crippen molar-refractivity contribution in [3.63, 3.8) is 0 Å². The van der Waals surface area contributed by atoms with Gasteiger partial charge in [-0.1, -0.05) is 12.1 Å². The van der Waals surface area contributed by atoms with Crippen molar-refractivity contribution in [2.24, 2.45) is 0 Å². The second kappa shape index (κ2) is 8.12. The van der Waals surface area contributed by atoms with Crippen LogP contribution in [0, 0.1) is 10.1 Å². The summed E-state index contributed by atoms with van der Waals surface area (Å²) in [5, 5.41) is 17.9. The van der Waals surface area contributed by atoms with Crippen LogP contribution < -0.4 is 15.8 Å². The SMILES string of the molecule is COc1cccc(C(C[N+](=O)[O-])n2cc(NC(=O)c3nccnc3N)cn2)c1. The smallest absolute Gasteiger partial charge is 0.278 e. The lowest BCUT2D eigenvalue weighted by Gasteiger charge is -2.14. The summed E-state index contributed by atoms with van der Waals surface area (Å²) in [7, 11) is 1.52. The highest BCUT2D eigenvalue weighted by molar-refractivity contribution is 6.05. The number of carbonyl (C=O) groups excluding carboxylic acids is 1. The third-order valence-electron chi connectivity index (χ3n) is 3.92. The van der Waals surface area contributed by atoms with Crippen molar-refractivity contribution in [2.75, 3.05) is 24.7 Å². The third-order valence-corrected chi connectivity index (χ3v) is 3.92. The van der Waals surface area contributed by atoms with Gasteiger partial charge in [0.15, 0.2) is 11.5 Å². The zero-order chi connectivity index (χ0) is 20.1. The maximum absolute atomic E-state index is 12.3. The number of ether oxygens (including phenoxy) is 1. The number of amides is 1. The van der Waals surface area contributed by atoms with Crippen LogP contribution in [0.1, 0.15) is 22.1 Å². The molecule has 1 unspecified atom stereocenters. The van der Waals surface area contributed by atoms with Crippen LogP contribution >= 0.6 is 0 Å². The minimum absolute atomic E-state index is 0.00463. The molecule has 2 heterocycles. The molecule has 0 saturated heterocycles. The van der Waals surface area contributed by atoms with Crippen molar-refractivity contribution in [3.05, 3.63) is 70.4 Å². The second-order valence-electron chi connectivity index (χ2n) is 5.76. The zero-order valence-corrected chi connectivity index (χ0v) is 14.8. The summed E-state index contributed by atoms with van der Waals surface area (Å²) in [5.41, 5.74) is 6.61. The first-order chi connectivity index (χ1) is 13.5. The number of carbonyl (C=O) groups is 1. The topological polar surface area (TPSA) is 151 Å². The van der Waals surface area contributed by atoms with Crippen molar-refractivity contribution in [2.45, 2.75) is 6.04 Å². The third kappa shape index (κ3) is 4.20. The molecule has 1 amide bonds. The lowest BCUT2D eigenvalue weighted by atomic mass is 10.1. The number of anilines is 2. The van der Waals surface area contributed by atoms with Crippen molar-refractivity contribution in [1.29, 1.82) is 0 Å². The van der Waals surface area contributed by atoms with Crippen LogP contribution in [0.15, 0.2) is 49.1 Å². The fourth-order valence-electron chi connectivity index (χ4n) is 2.62. The molecule has 1 aromatic carbocycles. The number of nitrogens with two attached hydrogens (primary N) is 1. The van der Waals surface area contributed by atoms with E-state index in [9.17, 15) is 14.9 Å². The molecule has 28 heavy (non-hydrogen) atoms. The molecule has 0 spiro atoms. The molecule has 0 aliphatic carbocycles. The fourth-order valence-corrected chi connectivity index (χ4v) is 2.62. The number of nitrogens with zero attached hydrogens (tertiary/aromatic N) is 5. The molecule has 1 atom stereocenters. The molecule has 0 aliphatic heterocycles. The number of hydrogen-bond donors (Lipinski definition) is 2. The molecule has 0 radical (unpaired) electrons. The van der Waals surface area contributed by atoms with Crippen molar-refractivity contribution >= 4 is 17.4 Å². The molecular weight excluding hydrogens is 366 g/mol. The summed E-state index contributed by atoms with van der Waals surface area (Å²) in [6.07, 6.45) is 5.61. The lowest BCUT2D eigenvalue weighted by Crippen LogP contribution is -2.21. The molecule has 3 aromatic rings. The number of benzene rings is 1. The van der Waals surface area contributed by atoms with E-state index >= 15 is 0 Å². The van der Waals surface area contributed by atoms with E-state index in [1.54, 1.807) is 24.3 Å². The van der Waals surface area contributed by atoms with Crippen LogP contribution in [0.5, 0.6) is 5.75 Å². The molecule has 144 valence electrons. The van der Waals surface area contributed by atoms with Crippen LogP contribution in [0.25, 0.3) is 0 Å². The van der Waals surface area contributed by atoms with Gasteiger partial charge in [0.1, 0.15) is 11.8 Å². The van der Waals surface area contributed by atoms with Crippen molar-refractivity contribution in [3.8, 4) is 5.75 Å². The van der Waals surface area contributed by atoms with Gasteiger partial charge in [0.05, 0.1) is 19.0 Å². The normalized spacial score (nSPS) is 11.6. The molecule has 3 rings (SSSR count). The summed E-state index contributed by atoms with van der Waals surface area (Å²) in [4.78, 5) is 30.7. The average Bonchev–Trinajstić information content (AvgIpc) is 3.14. The number of nitrogens with one attached hydrogen (secondary N) is 1. The Hall–Kier alpha value is -4.02. The van der Waals surface area contributed by atoms with Gasteiger partial charge in [-0.3, -0.25) is 19.6 Å². The Balaban J connectivity index is 1.85. The Bertz CT molecular complexity index is 1000. The van der Waals surface area contributed by atoms with Gasteiger partial charge in [0.2, 0.25) is 6.54 Å². The van der Waals surface area contributed by atoms with Gasteiger partial charge in [-0.2, -0.15) is 5.10 Å². The number of rotatable bonds is 7. The highest BCUT2D eigenvalue weighted by atomic mass is 16.6. The van der Waals surface area contributed by atoms with E-state index < -0.39 is 16.9 Å². The molecule has 3 N–H and O–H groups in total. The van der Waals surface area contributed by atoms with E-state index in [1.165, 1.54) is 36.6 Å². The molecule has 0 saturated carbocycles. The highest BCUT2D eigenvalue weighted by Gasteiger charge is 2.22. The van der Waals surface area contributed by atoms with Crippen LogP contribution in [0.2, 0.25) is 0 Å². The quantitative estimate of drug-likeness (QED) is 0.459. The summed E-state index contributed by atoms with van der Waals surface area (Å²) in [5.74, 6) is 0.0111. The van der Waals surface area contributed by atoms with Gasteiger partial charge in [0, 0.05) is 23.5 Å². The Kier molecular flexibility index (Phi) is 5.44. The molecule has 0 aliphatic rings. The number of hydrogen-bond acceptors (Lipinski definition) is 8. The maximum atomic E-state index is 12.3. The van der Waals surface area contributed by atoms with Crippen LogP contribution in [0.3, 0.4) is 0 Å². The van der Waals surface area contributed by atoms with E-state index in [0.29, 0.717) is 17.0 Å². The monoisotopic (exact) mass is 383 g/mol. The Labute approximate surface area is 159 Å². The molecular formula is C17H17N7O4. The van der Waals surface area contributed by atoms with E-state index in [-0.39, 0.29) is 18.1 Å². The minimum atomic E-state index is -0.683. The molecule has 0 bridgehead atoms. The first-order valence-electron chi connectivity index (χ1n) is 8.15. The van der Waals surface area contributed by atoms with Gasteiger partial charge in [0.25, 0.3) is 5.91 Å². The zero-order valence-electron chi connectivity index (χ0n) is 14.8. The van der Waals surface area contributed by atoms with Gasteiger partial charge >= 0.3 is 0 Å². The van der Waals surface area contributed by atoms with E-state index in [4.69, 9.17) is 10.5 Å². The van der Waals surface area contributed by atoms with Gasteiger partial charge in [-0.25, -0.2) is 9.97 Å². The first kappa shape index (κ1) is 18.8. The van der Waals surface area contributed by atoms with E-state index in [0.717, 1.165) is 0 Å². The summed E-state index contributed by atoms with van der Waals surface area (Å²) >= 11 is 0. The van der Waals surface area contributed by atoms with E-state index in [2.05, 4.69) is 20.4 Å². The molecule has 2 aromatic heterocycles. The highest BCUT2D eigenvalue weighted by Crippen LogP contribution is 2.24. The largest absolute Gasteiger partial charge is 0.497 e. The van der Waals surface area contributed by atoms with Crippen LogP contribution in [-0.2, 0) is 0 Å². The molecule has 11 heteroatoms. The average molecular weight is 383 g/mol. The summed E-state index contributed by atoms with van der Waals surface area (Å²) < 4.78 is 6.59. The number of nitrogen functional groups attached to an aromatic ring is 1. The Morgan fingerprint density at radius 3 is 2.89 bits per heavy atom. The van der Waals surface area contributed by atoms with E-state index in [1.807, 2.05) is 0 Å². The number of nitro groups is 1. The fraction of sp³-hybridized carbons (Fsp3) is 0.176.